The normalized spacial score (nSPS) is 10.8. The fraction of sp³-hybridized carbons (Fsp3) is 0.136. The summed E-state index contributed by atoms with van der Waals surface area (Å²) in [6.45, 7) is -0.272. The van der Waals surface area contributed by atoms with Crippen molar-refractivity contribution in [2.45, 2.75) is 0 Å². The molecule has 0 fully saturated rings. The van der Waals surface area contributed by atoms with Crippen LogP contribution in [0.2, 0.25) is 5.02 Å². The highest BCUT2D eigenvalue weighted by Crippen LogP contribution is 2.34. The number of methoxy groups -OCH3 is 2. The Bertz CT molecular complexity index is 1140. The monoisotopic (exact) mass is 504 g/mol. The van der Waals surface area contributed by atoms with Gasteiger partial charge in [0.05, 0.1) is 35.5 Å². The van der Waals surface area contributed by atoms with E-state index >= 15 is 0 Å². The zero-order chi connectivity index (χ0) is 22.4. The van der Waals surface area contributed by atoms with Gasteiger partial charge in [0.2, 0.25) is 0 Å². The highest BCUT2D eigenvalue weighted by Gasteiger charge is 2.14. The van der Waals surface area contributed by atoms with Gasteiger partial charge in [0, 0.05) is 0 Å². The zero-order valence-electron chi connectivity index (χ0n) is 16.6. The molecule has 1 amide bonds. The molecule has 0 aromatic heterocycles. The van der Waals surface area contributed by atoms with Gasteiger partial charge in [0.25, 0.3) is 5.91 Å². The number of esters is 1. The molecule has 0 unspecified atom stereocenters. The second-order valence-corrected chi connectivity index (χ2v) is 7.54. The van der Waals surface area contributed by atoms with Crippen molar-refractivity contribution in [2.24, 2.45) is 5.10 Å². The molecular formula is C22H18BrClN2O5. The predicted octanol–water partition coefficient (Wildman–Crippen LogP) is 4.58. The van der Waals surface area contributed by atoms with E-state index in [2.05, 4.69) is 31.2 Å². The lowest BCUT2D eigenvalue weighted by Crippen LogP contribution is -2.18. The molecule has 1 N–H and O–H groups in total. The maximum atomic E-state index is 12.6. The number of hydrazone groups is 1. The molecule has 160 valence electrons. The van der Waals surface area contributed by atoms with E-state index < -0.39 is 11.9 Å². The maximum absolute atomic E-state index is 12.6. The zero-order valence-corrected chi connectivity index (χ0v) is 19.0. The number of hydrogen-bond donors (Lipinski definition) is 1. The molecule has 0 saturated carbocycles. The summed E-state index contributed by atoms with van der Waals surface area (Å²) in [5.41, 5.74) is 3.46. The fourth-order valence-electron chi connectivity index (χ4n) is 2.77. The van der Waals surface area contributed by atoms with E-state index in [1.54, 1.807) is 24.3 Å². The summed E-state index contributed by atoms with van der Waals surface area (Å²) in [4.78, 5) is 23.9. The molecule has 0 aliphatic heterocycles. The summed E-state index contributed by atoms with van der Waals surface area (Å²) >= 11 is 9.56. The van der Waals surface area contributed by atoms with Gasteiger partial charge in [-0.15, -0.1) is 0 Å². The van der Waals surface area contributed by atoms with Gasteiger partial charge in [0.15, 0.2) is 12.4 Å². The van der Waals surface area contributed by atoms with Crippen LogP contribution in [0.25, 0.3) is 10.8 Å². The Morgan fingerprint density at radius 3 is 2.48 bits per heavy atom. The maximum Gasteiger partial charge on any atom is 0.343 e. The van der Waals surface area contributed by atoms with Crippen LogP contribution in [0.15, 0.2) is 58.1 Å². The number of rotatable bonds is 7. The van der Waals surface area contributed by atoms with Gasteiger partial charge in [-0.25, -0.2) is 10.2 Å². The molecule has 0 radical (unpaired) electrons. The van der Waals surface area contributed by atoms with E-state index in [9.17, 15) is 9.59 Å². The summed E-state index contributed by atoms with van der Waals surface area (Å²) in [5, 5.41) is 6.14. The third-order valence-electron chi connectivity index (χ3n) is 4.27. The first-order chi connectivity index (χ1) is 14.9. The minimum Gasteiger partial charge on any atom is -0.496 e. The molecule has 0 bridgehead atoms. The summed E-state index contributed by atoms with van der Waals surface area (Å²) in [7, 11) is 2.78. The van der Waals surface area contributed by atoms with Crippen LogP contribution in [-0.4, -0.2) is 38.9 Å². The number of ether oxygens (including phenoxy) is 3. The fourth-order valence-corrected chi connectivity index (χ4v) is 3.76. The lowest BCUT2D eigenvalue weighted by Gasteiger charge is -2.10. The Hall–Kier alpha value is -3.10. The van der Waals surface area contributed by atoms with E-state index in [1.165, 1.54) is 20.4 Å². The Labute approximate surface area is 192 Å². The van der Waals surface area contributed by atoms with Crippen molar-refractivity contribution in [2.75, 3.05) is 20.8 Å². The van der Waals surface area contributed by atoms with Gasteiger partial charge in [-0.05, 0) is 56.5 Å². The van der Waals surface area contributed by atoms with Crippen molar-refractivity contribution < 1.29 is 23.8 Å². The van der Waals surface area contributed by atoms with Crippen molar-refractivity contribution in [3.8, 4) is 11.5 Å². The topological polar surface area (TPSA) is 86.2 Å². The van der Waals surface area contributed by atoms with Gasteiger partial charge in [-0.2, -0.15) is 5.10 Å². The van der Waals surface area contributed by atoms with Crippen LogP contribution >= 0.6 is 27.5 Å². The predicted molar refractivity (Wildman–Crippen MR) is 122 cm³/mol. The van der Waals surface area contributed by atoms with Crippen LogP contribution in [-0.2, 0) is 9.53 Å². The molecule has 0 spiro atoms. The van der Waals surface area contributed by atoms with Gasteiger partial charge < -0.3 is 14.2 Å². The second-order valence-electron chi connectivity index (χ2n) is 6.28. The van der Waals surface area contributed by atoms with E-state index in [0.29, 0.717) is 27.1 Å². The molecular weight excluding hydrogens is 488 g/mol. The molecule has 31 heavy (non-hydrogen) atoms. The number of hydrogen-bond acceptors (Lipinski definition) is 6. The van der Waals surface area contributed by atoms with Crippen molar-refractivity contribution in [1.82, 2.24) is 5.43 Å². The molecule has 0 aliphatic carbocycles. The Kier molecular flexibility index (Phi) is 7.49. The average Bonchev–Trinajstić information content (AvgIpc) is 2.77. The molecule has 3 aromatic rings. The first kappa shape index (κ1) is 22.6. The van der Waals surface area contributed by atoms with E-state index in [4.69, 9.17) is 21.1 Å². The lowest BCUT2D eigenvalue weighted by molar-refractivity contribution is -0.142. The van der Waals surface area contributed by atoms with Gasteiger partial charge >= 0.3 is 5.97 Å². The molecule has 0 atom stereocenters. The second kappa shape index (κ2) is 10.3. The van der Waals surface area contributed by atoms with Crippen molar-refractivity contribution in [1.29, 1.82) is 0 Å². The number of carbonyl (C=O) groups is 2. The number of carbonyl (C=O) groups excluding carboxylic acids is 2. The molecule has 7 nitrogen and oxygen atoms in total. The highest BCUT2D eigenvalue weighted by molar-refractivity contribution is 9.10. The summed E-state index contributed by atoms with van der Waals surface area (Å²) in [6.07, 6.45) is 1.44. The number of nitrogens with zero attached hydrogens (tertiary/aromatic N) is 1. The minimum atomic E-state index is -0.527. The van der Waals surface area contributed by atoms with E-state index in [-0.39, 0.29) is 11.6 Å². The van der Waals surface area contributed by atoms with Crippen LogP contribution in [0.1, 0.15) is 15.9 Å². The largest absolute Gasteiger partial charge is 0.496 e. The lowest BCUT2D eigenvalue weighted by atomic mass is 10.1. The van der Waals surface area contributed by atoms with Crippen LogP contribution in [0.4, 0.5) is 0 Å². The smallest absolute Gasteiger partial charge is 0.343 e. The highest BCUT2D eigenvalue weighted by atomic mass is 79.9. The molecule has 0 saturated heterocycles. The molecule has 0 aliphatic rings. The molecule has 3 aromatic carbocycles. The summed E-state index contributed by atoms with van der Waals surface area (Å²) < 4.78 is 15.8. The Morgan fingerprint density at radius 2 is 1.84 bits per heavy atom. The van der Waals surface area contributed by atoms with Crippen molar-refractivity contribution in [3.05, 3.63) is 69.2 Å². The Balaban J connectivity index is 1.74. The van der Waals surface area contributed by atoms with Crippen LogP contribution in [0, 0.1) is 0 Å². The quantitative estimate of drug-likeness (QED) is 0.289. The molecule has 3 rings (SSSR count). The number of nitrogens with one attached hydrogen (secondary N) is 1. The van der Waals surface area contributed by atoms with Crippen LogP contribution in [0.5, 0.6) is 11.5 Å². The average molecular weight is 506 g/mol. The van der Waals surface area contributed by atoms with Crippen molar-refractivity contribution in [3.63, 3.8) is 0 Å². The standard InChI is InChI=1S/C22H18BrClN2O5/c1-29-19-10-15-6-4-3-5-14(15)9-16(19)22(28)26-25-11-13-7-17(23)21(18(24)8-13)31-12-20(27)30-2/h3-11H,12H2,1-2H3,(H,26,28)/b25-11-. The number of benzene rings is 3. The van der Waals surface area contributed by atoms with Gasteiger partial charge in [-0.3, -0.25) is 4.79 Å². The van der Waals surface area contributed by atoms with Crippen LogP contribution < -0.4 is 14.9 Å². The number of amides is 1. The number of fused-ring (bicyclic) bond motifs is 1. The molecule has 9 heteroatoms. The minimum absolute atomic E-state index is 0.266. The first-order valence-corrected chi connectivity index (χ1v) is 10.2. The molecule has 0 heterocycles. The Morgan fingerprint density at radius 1 is 1.13 bits per heavy atom. The third kappa shape index (κ3) is 5.53. The van der Waals surface area contributed by atoms with E-state index in [0.717, 1.165) is 10.8 Å². The van der Waals surface area contributed by atoms with Gasteiger partial charge in [0.1, 0.15) is 5.75 Å². The summed E-state index contributed by atoms with van der Waals surface area (Å²) in [5.74, 6) is -0.194. The van der Waals surface area contributed by atoms with Crippen molar-refractivity contribution >= 4 is 56.4 Å². The SMILES string of the molecule is COC(=O)COc1c(Cl)cc(/C=N\NC(=O)c2cc3ccccc3cc2OC)cc1Br. The first-order valence-electron chi connectivity index (χ1n) is 9.01. The number of halogens is 2. The van der Waals surface area contributed by atoms with E-state index in [1.807, 2.05) is 24.3 Å². The summed E-state index contributed by atoms with van der Waals surface area (Å²) in [6, 6.07) is 14.5. The van der Waals surface area contributed by atoms with Crippen LogP contribution in [0.3, 0.4) is 0 Å². The van der Waals surface area contributed by atoms with Gasteiger partial charge in [-0.1, -0.05) is 35.9 Å². The third-order valence-corrected chi connectivity index (χ3v) is 5.14.